The van der Waals surface area contributed by atoms with E-state index >= 15 is 0 Å². The molecule has 0 amide bonds. The van der Waals surface area contributed by atoms with Gasteiger partial charge in [-0.05, 0) is 51.0 Å². The molecule has 2 fully saturated rings. The predicted octanol–water partition coefficient (Wildman–Crippen LogP) is 3.47. The molecule has 0 aromatic heterocycles. The Kier molecular flexibility index (Phi) is 5.97. The maximum Gasteiger partial charge on any atom is 0.0113 e. The molecule has 1 saturated carbocycles. The van der Waals surface area contributed by atoms with E-state index in [0.717, 1.165) is 24.0 Å². The van der Waals surface area contributed by atoms with E-state index in [0.29, 0.717) is 0 Å². The van der Waals surface area contributed by atoms with Crippen LogP contribution in [0.15, 0.2) is 0 Å². The molecule has 0 spiro atoms. The summed E-state index contributed by atoms with van der Waals surface area (Å²) >= 11 is 0. The molecule has 1 aliphatic heterocycles. The molecule has 3 atom stereocenters. The summed E-state index contributed by atoms with van der Waals surface area (Å²) in [5, 5.41) is 7.75. The monoisotopic (exact) mass is 252 g/mol. The van der Waals surface area contributed by atoms with Crippen LogP contribution in [0, 0.1) is 5.92 Å². The molecule has 18 heavy (non-hydrogen) atoms. The van der Waals surface area contributed by atoms with Crippen molar-refractivity contribution in [3.63, 3.8) is 0 Å². The van der Waals surface area contributed by atoms with Gasteiger partial charge >= 0.3 is 0 Å². The second-order valence-electron chi connectivity index (χ2n) is 6.29. The fourth-order valence-electron chi connectivity index (χ4n) is 3.92. The first-order chi connectivity index (χ1) is 8.85. The smallest absolute Gasteiger partial charge is 0.0113 e. The van der Waals surface area contributed by atoms with Crippen LogP contribution in [0.1, 0.15) is 71.6 Å². The van der Waals surface area contributed by atoms with Crippen molar-refractivity contribution in [1.29, 1.82) is 0 Å². The van der Waals surface area contributed by atoms with Gasteiger partial charge in [0.25, 0.3) is 0 Å². The molecule has 2 heteroatoms. The highest BCUT2D eigenvalue weighted by molar-refractivity contribution is 4.91. The molecule has 3 unspecified atom stereocenters. The minimum Gasteiger partial charge on any atom is -0.314 e. The van der Waals surface area contributed by atoms with Gasteiger partial charge in [-0.25, -0.2) is 0 Å². The lowest BCUT2D eigenvalue weighted by molar-refractivity contribution is 0.170. The van der Waals surface area contributed by atoms with Gasteiger partial charge in [-0.3, -0.25) is 0 Å². The molecule has 1 heterocycles. The van der Waals surface area contributed by atoms with E-state index in [2.05, 4.69) is 24.5 Å². The first-order valence-electron chi connectivity index (χ1n) is 8.34. The summed E-state index contributed by atoms with van der Waals surface area (Å²) in [7, 11) is 0. The predicted molar refractivity (Wildman–Crippen MR) is 78.9 cm³/mol. The Balaban J connectivity index is 1.91. The topological polar surface area (TPSA) is 24.1 Å². The molecule has 0 aromatic carbocycles. The standard InChI is InChI=1S/C16H32N2/c1-3-13(4-2)18-16-11-6-5-9-14(16)15-10-7-8-12-17-15/h13-18H,3-12H2,1-2H3. The van der Waals surface area contributed by atoms with Crippen molar-refractivity contribution in [2.24, 2.45) is 5.92 Å². The Hall–Kier alpha value is -0.0800. The van der Waals surface area contributed by atoms with Crippen LogP contribution in [0.3, 0.4) is 0 Å². The first kappa shape index (κ1) is 14.3. The van der Waals surface area contributed by atoms with Crippen molar-refractivity contribution < 1.29 is 0 Å². The fraction of sp³-hybridized carbons (Fsp3) is 1.00. The SMILES string of the molecule is CCC(CC)NC1CCCCC1C1CCCCN1. The lowest BCUT2D eigenvalue weighted by atomic mass is 9.77. The Morgan fingerprint density at radius 1 is 1.00 bits per heavy atom. The molecule has 2 nitrogen and oxygen atoms in total. The summed E-state index contributed by atoms with van der Waals surface area (Å²) in [6.07, 6.45) is 12.5. The summed E-state index contributed by atoms with van der Waals surface area (Å²) in [5.74, 6) is 0.889. The minimum absolute atomic E-state index is 0.735. The number of hydrogen-bond acceptors (Lipinski definition) is 2. The Bertz CT molecular complexity index is 219. The normalized spacial score (nSPS) is 33.8. The lowest BCUT2D eigenvalue weighted by Gasteiger charge is -2.41. The zero-order valence-corrected chi connectivity index (χ0v) is 12.4. The highest BCUT2D eigenvalue weighted by Crippen LogP contribution is 2.31. The molecule has 1 aliphatic carbocycles. The zero-order chi connectivity index (χ0) is 12.8. The minimum atomic E-state index is 0.735. The summed E-state index contributed by atoms with van der Waals surface area (Å²) in [6.45, 7) is 5.88. The van der Waals surface area contributed by atoms with Crippen molar-refractivity contribution in [1.82, 2.24) is 10.6 Å². The average Bonchev–Trinajstić information content (AvgIpc) is 2.46. The molecule has 0 radical (unpaired) electrons. The van der Waals surface area contributed by atoms with Crippen LogP contribution >= 0.6 is 0 Å². The zero-order valence-electron chi connectivity index (χ0n) is 12.4. The summed E-state index contributed by atoms with van der Waals surface area (Å²) in [4.78, 5) is 0. The van der Waals surface area contributed by atoms with Crippen LogP contribution in [0.4, 0.5) is 0 Å². The maximum atomic E-state index is 3.96. The van der Waals surface area contributed by atoms with E-state index in [1.165, 1.54) is 64.3 Å². The van der Waals surface area contributed by atoms with Gasteiger partial charge in [-0.15, -0.1) is 0 Å². The molecule has 0 bridgehead atoms. The molecule has 2 aliphatic rings. The van der Waals surface area contributed by atoms with Gasteiger partial charge in [0.15, 0.2) is 0 Å². The maximum absolute atomic E-state index is 3.96. The molecule has 2 N–H and O–H groups in total. The van der Waals surface area contributed by atoms with Gasteiger partial charge in [0.2, 0.25) is 0 Å². The second-order valence-corrected chi connectivity index (χ2v) is 6.29. The van der Waals surface area contributed by atoms with Gasteiger partial charge in [0.1, 0.15) is 0 Å². The van der Waals surface area contributed by atoms with E-state index < -0.39 is 0 Å². The first-order valence-corrected chi connectivity index (χ1v) is 8.34. The van der Waals surface area contributed by atoms with E-state index in [-0.39, 0.29) is 0 Å². The third-order valence-electron chi connectivity index (χ3n) is 5.12. The van der Waals surface area contributed by atoms with Crippen molar-refractivity contribution in [2.45, 2.75) is 89.8 Å². The Labute approximate surface area is 113 Å². The number of hydrogen-bond donors (Lipinski definition) is 2. The van der Waals surface area contributed by atoms with Crippen molar-refractivity contribution in [2.75, 3.05) is 6.54 Å². The van der Waals surface area contributed by atoms with Crippen LogP contribution in [0.25, 0.3) is 0 Å². The van der Waals surface area contributed by atoms with Crippen LogP contribution < -0.4 is 10.6 Å². The molecule has 106 valence electrons. The van der Waals surface area contributed by atoms with Crippen molar-refractivity contribution in [3.8, 4) is 0 Å². The number of nitrogens with one attached hydrogen (secondary N) is 2. The van der Waals surface area contributed by atoms with E-state index in [4.69, 9.17) is 0 Å². The highest BCUT2D eigenvalue weighted by Gasteiger charge is 2.32. The third kappa shape index (κ3) is 3.71. The molecule has 2 rings (SSSR count). The van der Waals surface area contributed by atoms with Crippen molar-refractivity contribution in [3.05, 3.63) is 0 Å². The van der Waals surface area contributed by atoms with Gasteiger partial charge in [0, 0.05) is 18.1 Å². The van der Waals surface area contributed by atoms with Gasteiger partial charge in [-0.1, -0.05) is 33.1 Å². The van der Waals surface area contributed by atoms with Crippen LogP contribution in [0.2, 0.25) is 0 Å². The molecular formula is C16H32N2. The largest absolute Gasteiger partial charge is 0.314 e. The van der Waals surface area contributed by atoms with Gasteiger partial charge < -0.3 is 10.6 Å². The van der Waals surface area contributed by atoms with Crippen LogP contribution in [-0.4, -0.2) is 24.7 Å². The number of piperidine rings is 1. The number of rotatable bonds is 5. The molecular weight excluding hydrogens is 220 g/mol. The lowest BCUT2D eigenvalue weighted by Crippen LogP contribution is -2.52. The van der Waals surface area contributed by atoms with E-state index in [9.17, 15) is 0 Å². The second kappa shape index (κ2) is 7.49. The third-order valence-corrected chi connectivity index (χ3v) is 5.12. The summed E-state index contributed by atoms with van der Waals surface area (Å²) < 4.78 is 0. The van der Waals surface area contributed by atoms with Crippen LogP contribution in [0.5, 0.6) is 0 Å². The molecule has 1 saturated heterocycles. The van der Waals surface area contributed by atoms with E-state index in [1.54, 1.807) is 0 Å². The summed E-state index contributed by atoms with van der Waals surface area (Å²) in [6, 6.07) is 2.31. The fourth-order valence-corrected chi connectivity index (χ4v) is 3.92. The summed E-state index contributed by atoms with van der Waals surface area (Å²) in [5.41, 5.74) is 0. The average molecular weight is 252 g/mol. The Morgan fingerprint density at radius 2 is 1.72 bits per heavy atom. The molecule has 0 aromatic rings. The van der Waals surface area contributed by atoms with Crippen molar-refractivity contribution >= 4 is 0 Å². The quantitative estimate of drug-likeness (QED) is 0.783. The van der Waals surface area contributed by atoms with Gasteiger partial charge in [0.05, 0.1) is 0 Å². The Morgan fingerprint density at radius 3 is 2.39 bits per heavy atom. The van der Waals surface area contributed by atoms with Crippen LogP contribution in [-0.2, 0) is 0 Å². The van der Waals surface area contributed by atoms with Gasteiger partial charge in [-0.2, -0.15) is 0 Å². The highest BCUT2D eigenvalue weighted by atomic mass is 15.0. The van der Waals surface area contributed by atoms with E-state index in [1.807, 2.05) is 0 Å².